The van der Waals surface area contributed by atoms with Crippen molar-refractivity contribution in [2.75, 3.05) is 7.11 Å². The first kappa shape index (κ1) is 27.4. The fourth-order valence-corrected chi connectivity index (χ4v) is 9.62. The third kappa shape index (κ3) is 3.83. The smallest absolute Gasteiger partial charge is 0.0793 e. The lowest BCUT2D eigenvalue weighted by Gasteiger charge is -2.64. The molecule has 4 heteroatoms. The zero-order valence-corrected chi connectivity index (χ0v) is 23.8. The van der Waals surface area contributed by atoms with Gasteiger partial charge in [0.1, 0.15) is 0 Å². The Morgan fingerprint density at radius 2 is 1.71 bits per heavy atom. The van der Waals surface area contributed by atoms with Crippen molar-refractivity contribution in [2.45, 2.75) is 125 Å². The van der Waals surface area contributed by atoms with Gasteiger partial charge in [-0.15, -0.1) is 0 Å². The summed E-state index contributed by atoms with van der Waals surface area (Å²) in [4.78, 5) is 0. The van der Waals surface area contributed by atoms with E-state index in [9.17, 15) is 15.3 Å². The Labute approximate surface area is 214 Å². The highest BCUT2D eigenvalue weighted by Gasteiger charge is 2.67. The average Bonchev–Trinajstić information content (AvgIpc) is 3.05. The number of fused-ring (bicyclic) bond motifs is 4. The van der Waals surface area contributed by atoms with Crippen LogP contribution in [0.3, 0.4) is 0 Å². The third-order valence-corrected chi connectivity index (χ3v) is 12.0. The van der Waals surface area contributed by atoms with E-state index in [0.29, 0.717) is 12.3 Å². The first-order valence-corrected chi connectivity index (χ1v) is 14.1. The zero-order valence-electron chi connectivity index (χ0n) is 23.8. The molecule has 0 aliphatic heterocycles. The van der Waals surface area contributed by atoms with E-state index in [0.717, 1.165) is 38.5 Å². The fourth-order valence-electron chi connectivity index (χ4n) is 9.62. The van der Waals surface area contributed by atoms with E-state index >= 15 is 0 Å². The van der Waals surface area contributed by atoms with Gasteiger partial charge in [0.2, 0.25) is 0 Å². The standard InChI is InChI=1S/C31H52O4/c1-18(2)10-11-21(32)19(3)20-12-15-30(7)27-23(35-9)16-24-28(4,5)25(34)13-14-29(24,6)26(27)22(33)17-31(20,30)8/h10,19-25,32-34H,11-17H2,1-9H3. The number of allylic oxidation sites excluding steroid dienone is 1. The molecule has 35 heavy (non-hydrogen) atoms. The van der Waals surface area contributed by atoms with Gasteiger partial charge in [0.05, 0.1) is 24.4 Å². The van der Waals surface area contributed by atoms with Crippen LogP contribution >= 0.6 is 0 Å². The first-order chi connectivity index (χ1) is 16.1. The Bertz CT molecular complexity index is 884. The number of methoxy groups -OCH3 is 1. The molecule has 0 aromatic carbocycles. The molecule has 0 aromatic rings. The highest BCUT2D eigenvalue weighted by Crippen LogP contribution is 2.72. The molecule has 4 aliphatic rings. The van der Waals surface area contributed by atoms with E-state index < -0.39 is 6.10 Å². The van der Waals surface area contributed by atoms with E-state index in [-0.39, 0.29) is 51.8 Å². The maximum Gasteiger partial charge on any atom is 0.0793 e. The van der Waals surface area contributed by atoms with Crippen LogP contribution in [0.4, 0.5) is 0 Å². The summed E-state index contributed by atoms with van der Waals surface area (Å²) in [5, 5.41) is 34.0. The lowest BCUT2D eigenvalue weighted by Crippen LogP contribution is -2.60. The molecular weight excluding hydrogens is 436 g/mol. The largest absolute Gasteiger partial charge is 0.393 e. The minimum atomic E-state index is -0.498. The number of hydrogen-bond acceptors (Lipinski definition) is 4. The quantitative estimate of drug-likeness (QED) is 0.412. The van der Waals surface area contributed by atoms with Gasteiger partial charge in [0, 0.05) is 7.11 Å². The predicted molar refractivity (Wildman–Crippen MR) is 142 cm³/mol. The van der Waals surface area contributed by atoms with Crippen molar-refractivity contribution in [3.8, 4) is 0 Å². The predicted octanol–water partition coefficient (Wildman–Crippen LogP) is 6.05. The molecular formula is C31H52O4. The van der Waals surface area contributed by atoms with E-state index in [1.165, 1.54) is 16.7 Å². The summed E-state index contributed by atoms with van der Waals surface area (Å²) < 4.78 is 6.25. The van der Waals surface area contributed by atoms with Crippen molar-refractivity contribution < 1.29 is 20.1 Å². The average molecular weight is 489 g/mol. The summed E-state index contributed by atoms with van der Waals surface area (Å²) in [6.45, 7) is 18.0. The third-order valence-electron chi connectivity index (χ3n) is 12.0. The van der Waals surface area contributed by atoms with E-state index in [1.807, 2.05) is 7.11 Å². The van der Waals surface area contributed by atoms with Gasteiger partial charge in [-0.1, -0.05) is 53.2 Å². The summed E-state index contributed by atoms with van der Waals surface area (Å²) in [7, 11) is 1.82. The van der Waals surface area contributed by atoms with E-state index in [1.54, 1.807) is 0 Å². The summed E-state index contributed by atoms with van der Waals surface area (Å²) in [5.41, 5.74) is 3.34. The Morgan fingerprint density at radius 1 is 1.06 bits per heavy atom. The minimum Gasteiger partial charge on any atom is -0.393 e. The molecule has 0 saturated heterocycles. The molecule has 0 heterocycles. The van der Waals surface area contributed by atoms with Crippen molar-refractivity contribution in [3.05, 3.63) is 22.8 Å². The van der Waals surface area contributed by atoms with Crippen LogP contribution in [-0.4, -0.2) is 46.8 Å². The molecule has 0 bridgehead atoms. The Kier molecular flexibility index (Phi) is 7.00. The minimum absolute atomic E-state index is 0.0309. The van der Waals surface area contributed by atoms with Crippen LogP contribution in [0.2, 0.25) is 0 Å². The van der Waals surface area contributed by atoms with Crippen molar-refractivity contribution in [1.29, 1.82) is 0 Å². The summed E-state index contributed by atoms with van der Waals surface area (Å²) >= 11 is 0. The van der Waals surface area contributed by atoms with Crippen LogP contribution in [0.15, 0.2) is 22.8 Å². The first-order valence-electron chi connectivity index (χ1n) is 14.1. The van der Waals surface area contributed by atoms with Gasteiger partial charge >= 0.3 is 0 Å². The molecule has 4 rings (SSSR count). The molecule has 0 spiro atoms. The number of hydrogen-bond donors (Lipinski definition) is 3. The van der Waals surface area contributed by atoms with Crippen molar-refractivity contribution in [2.24, 2.45) is 39.4 Å². The van der Waals surface area contributed by atoms with Crippen LogP contribution in [-0.2, 0) is 4.74 Å². The second-order valence-electron chi connectivity index (χ2n) is 14.2. The van der Waals surface area contributed by atoms with Gasteiger partial charge in [0.25, 0.3) is 0 Å². The zero-order chi connectivity index (χ0) is 26.1. The molecule has 10 atom stereocenters. The van der Waals surface area contributed by atoms with Crippen molar-refractivity contribution in [1.82, 2.24) is 0 Å². The van der Waals surface area contributed by atoms with E-state index in [4.69, 9.17) is 4.74 Å². The lowest BCUT2D eigenvalue weighted by molar-refractivity contribution is -0.129. The Balaban J connectivity index is 1.79. The normalized spacial score (nSPS) is 46.3. The van der Waals surface area contributed by atoms with Gasteiger partial charge in [-0.25, -0.2) is 0 Å². The number of rotatable bonds is 5. The van der Waals surface area contributed by atoms with E-state index in [2.05, 4.69) is 61.5 Å². The van der Waals surface area contributed by atoms with Crippen LogP contribution in [0.5, 0.6) is 0 Å². The lowest BCUT2D eigenvalue weighted by atomic mass is 9.42. The van der Waals surface area contributed by atoms with Gasteiger partial charge < -0.3 is 20.1 Å². The highest BCUT2D eigenvalue weighted by atomic mass is 16.5. The second-order valence-corrected chi connectivity index (χ2v) is 14.2. The molecule has 0 amide bonds. The summed E-state index contributed by atoms with van der Waals surface area (Å²) in [6.07, 6.45) is 7.13. The van der Waals surface area contributed by atoms with Crippen LogP contribution in [0.1, 0.15) is 100 Å². The van der Waals surface area contributed by atoms with Crippen molar-refractivity contribution in [3.63, 3.8) is 0 Å². The summed E-state index contributed by atoms with van der Waals surface area (Å²) in [6, 6.07) is 0. The maximum atomic E-state index is 12.0. The van der Waals surface area contributed by atoms with Gasteiger partial charge in [0.15, 0.2) is 0 Å². The van der Waals surface area contributed by atoms with Crippen molar-refractivity contribution >= 4 is 0 Å². The maximum absolute atomic E-state index is 12.0. The molecule has 0 aromatic heterocycles. The van der Waals surface area contributed by atoms with Crippen LogP contribution < -0.4 is 0 Å². The molecule has 4 nitrogen and oxygen atoms in total. The number of aliphatic hydroxyl groups is 3. The topological polar surface area (TPSA) is 69.9 Å². The van der Waals surface area contributed by atoms with Gasteiger partial charge in [-0.3, -0.25) is 0 Å². The Morgan fingerprint density at radius 3 is 2.31 bits per heavy atom. The SMILES string of the molecule is COC1CC2C(C)(CCC(O)C2(C)C)C2=C1C1(C)CCC(C(C)C(O)CC=C(C)C)C1(C)CC2O. The highest BCUT2D eigenvalue weighted by molar-refractivity contribution is 5.43. The molecule has 200 valence electrons. The molecule has 4 aliphatic carbocycles. The number of aliphatic hydroxyl groups excluding tert-OH is 3. The number of ether oxygens (including phenoxy) is 1. The molecule has 2 fully saturated rings. The summed E-state index contributed by atoms with van der Waals surface area (Å²) in [5.74, 6) is 0.792. The van der Waals surface area contributed by atoms with Gasteiger partial charge in [-0.05, 0) is 109 Å². The molecule has 10 unspecified atom stereocenters. The van der Waals surface area contributed by atoms with Crippen LogP contribution in [0, 0.1) is 39.4 Å². The molecule has 2 saturated carbocycles. The molecule has 0 radical (unpaired) electrons. The van der Waals surface area contributed by atoms with Gasteiger partial charge in [-0.2, -0.15) is 0 Å². The second kappa shape index (κ2) is 8.96. The van der Waals surface area contributed by atoms with Crippen LogP contribution in [0.25, 0.3) is 0 Å². The Hall–Kier alpha value is -0.680. The monoisotopic (exact) mass is 488 g/mol. The molecule has 3 N–H and O–H groups in total. The fraction of sp³-hybridized carbons (Fsp3) is 0.871.